The molecule has 0 unspecified atom stereocenters. The van der Waals surface area contributed by atoms with E-state index in [1.165, 1.54) is 22.1 Å². The molecule has 1 heterocycles. The molecule has 1 nitrogen and oxygen atoms in total. The number of hydrogen-bond donors (Lipinski definition) is 1. The zero-order valence-corrected chi connectivity index (χ0v) is 10.2. The molecule has 2 rings (SSSR count). The van der Waals surface area contributed by atoms with Crippen LogP contribution in [-0.2, 0) is 0 Å². The summed E-state index contributed by atoms with van der Waals surface area (Å²) in [6.45, 7) is 18.4. The predicted octanol–water partition coefficient (Wildman–Crippen LogP) is 2.56. The van der Waals surface area contributed by atoms with Gasteiger partial charge in [0.05, 0.1) is 5.52 Å². The van der Waals surface area contributed by atoms with Crippen LogP contribution in [0, 0.1) is 20.8 Å². The Labute approximate surface area is 95.8 Å². The molecular formula is C15H17N. The van der Waals surface area contributed by atoms with E-state index in [-0.39, 0.29) is 0 Å². The van der Waals surface area contributed by atoms with E-state index in [1.807, 2.05) is 6.08 Å². The van der Waals surface area contributed by atoms with Gasteiger partial charge < -0.3 is 4.98 Å². The van der Waals surface area contributed by atoms with Crippen LogP contribution < -0.4 is 10.4 Å². The van der Waals surface area contributed by atoms with Gasteiger partial charge in [0.2, 0.25) is 0 Å². The first-order chi connectivity index (χ1) is 7.49. The number of aromatic amines is 1. The average Bonchev–Trinajstić information content (AvgIpc) is 2.61. The fraction of sp³-hybridized carbons (Fsp3) is 0.200. The van der Waals surface area contributed by atoms with Crippen LogP contribution in [0.15, 0.2) is 6.58 Å². The van der Waals surface area contributed by atoms with Crippen molar-refractivity contribution in [3.63, 3.8) is 0 Å². The number of aromatic nitrogens is 1. The van der Waals surface area contributed by atoms with Crippen molar-refractivity contribution in [1.82, 2.24) is 4.98 Å². The minimum Gasteiger partial charge on any atom is -0.354 e. The molecule has 2 aromatic rings. The SMILES string of the molecule is C=Cc1[nH]c2c(=C)c(C)c(C)c(=C)c2c1C. The quantitative estimate of drug-likeness (QED) is 0.746. The number of aryl methyl sites for hydroxylation is 1. The summed E-state index contributed by atoms with van der Waals surface area (Å²) in [4.78, 5) is 3.37. The third-order valence-corrected chi connectivity index (χ3v) is 3.56. The highest BCUT2D eigenvalue weighted by Gasteiger charge is 2.10. The van der Waals surface area contributed by atoms with Crippen molar-refractivity contribution >= 4 is 30.1 Å². The summed E-state index contributed by atoms with van der Waals surface area (Å²) < 4.78 is 0. The van der Waals surface area contributed by atoms with Crippen LogP contribution in [0.1, 0.15) is 22.4 Å². The highest BCUT2D eigenvalue weighted by Crippen LogP contribution is 2.18. The molecule has 0 atom stereocenters. The first-order valence-corrected chi connectivity index (χ1v) is 5.40. The highest BCUT2D eigenvalue weighted by atomic mass is 14.7. The second-order valence-corrected chi connectivity index (χ2v) is 4.32. The normalized spacial score (nSPS) is 10.9. The average molecular weight is 211 g/mol. The van der Waals surface area contributed by atoms with Crippen LogP contribution in [0.2, 0.25) is 0 Å². The van der Waals surface area contributed by atoms with Gasteiger partial charge in [0.1, 0.15) is 0 Å². The maximum absolute atomic E-state index is 4.18. The van der Waals surface area contributed by atoms with Crippen molar-refractivity contribution in [1.29, 1.82) is 0 Å². The predicted molar refractivity (Wildman–Crippen MR) is 72.9 cm³/mol. The largest absolute Gasteiger partial charge is 0.354 e. The smallest absolute Gasteiger partial charge is 0.0537 e. The number of hydrogen-bond acceptors (Lipinski definition) is 0. The molecule has 0 bridgehead atoms. The summed E-state index contributed by atoms with van der Waals surface area (Å²) in [5, 5.41) is 3.36. The van der Waals surface area contributed by atoms with Crippen LogP contribution in [0.3, 0.4) is 0 Å². The fourth-order valence-electron chi connectivity index (χ4n) is 2.25. The number of H-pyrrole nitrogens is 1. The third-order valence-electron chi connectivity index (χ3n) is 3.56. The summed E-state index contributed by atoms with van der Waals surface area (Å²) in [6.07, 6.45) is 1.85. The topological polar surface area (TPSA) is 15.8 Å². The Kier molecular flexibility index (Phi) is 2.27. The first kappa shape index (κ1) is 10.7. The number of benzene rings is 1. The Balaban J connectivity index is 3.19. The van der Waals surface area contributed by atoms with Crippen LogP contribution in [0.5, 0.6) is 0 Å². The minimum absolute atomic E-state index is 1.06. The van der Waals surface area contributed by atoms with Crippen molar-refractivity contribution in [2.75, 3.05) is 0 Å². The van der Waals surface area contributed by atoms with Crippen molar-refractivity contribution in [2.45, 2.75) is 20.8 Å². The van der Waals surface area contributed by atoms with E-state index in [0.717, 1.165) is 21.6 Å². The van der Waals surface area contributed by atoms with Crippen molar-refractivity contribution in [3.05, 3.63) is 39.4 Å². The molecule has 16 heavy (non-hydrogen) atoms. The van der Waals surface area contributed by atoms with Gasteiger partial charge in [-0.1, -0.05) is 19.7 Å². The maximum atomic E-state index is 4.18. The van der Waals surface area contributed by atoms with Crippen LogP contribution in [0.25, 0.3) is 30.1 Å². The standard InChI is InChI=1S/C15H17N/c1-7-13-12(6)14-10(4)8(2)9(3)11(5)15(14)16-13/h7,16H,1,4-5H2,2-3,6H3. The molecule has 0 saturated carbocycles. The Morgan fingerprint density at radius 2 is 1.50 bits per heavy atom. The molecule has 1 heteroatoms. The molecule has 0 saturated heterocycles. The van der Waals surface area contributed by atoms with E-state index in [4.69, 9.17) is 0 Å². The lowest BCUT2D eigenvalue weighted by molar-refractivity contribution is 1.30. The van der Waals surface area contributed by atoms with E-state index in [9.17, 15) is 0 Å². The van der Waals surface area contributed by atoms with Crippen LogP contribution in [-0.4, -0.2) is 4.98 Å². The molecule has 1 aromatic heterocycles. The summed E-state index contributed by atoms with van der Waals surface area (Å²) in [5.41, 5.74) is 5.82. The van der Waals surface area contributed by atoms with Crippen molar-refractivity contribution < 1.29 is 0 Å². The van der Waals surface area contributed by atoms with Crippen molar-refractivity contribution in [3.8, 4) is 0 Å². The van der Waals surface area contributed by atoms with Gasteiger partial charge in [-0.25, -0.2) is 0 Å². The molecule has 0 spiro atoms. The highest BCUT2D eigenvalue weighted by molar-refractivity contribution is 5.89. The Morgan fingerprint density at radius 1 is 0.938 bits per heavy atom. The second-order valence-electron chi connectivity index (χ2n) is 4.32. The molecule has 1 N–H and O–H groups in total. The van der Waals surface area contributed by atoms with Gasteiger partial charge in [0.15, 0.2) is 0 Å². The number of fused-ring (bicyclic) bond motifs is 1. The van der Waals surface area contributed by atoms with Gasteiger partial charge in [-0.05, 0) is 54.0 Å². The first-order valence-electron chi connectivity index (χ1n) is 5.40. The lowest BCUT2D eigenvalue weighted by Crippen LogP contribution is -2.17. The van der Waals surface area contributed by atoms with Gasteiger partial charge in [-0.15, -0.1) is 0 Å². The molecule has 0 amide bonds. The molecule has 82 valence electrons. The Bertz CT molecular complexity index is 687. The van der Waals surface area contributed by atoms with Gasteiger partial charge in [0.25, 0.3) is 0 Å². The molecule has 0 aliphatic carbocycles. The van der Waals surface area contributed by atoms with Gasteiger partial charge >= 0.3 is 0 Å². The van der Waals surface area contributed by atoms with E-state index in [1.54, 1.807) is 0 Å². The second kappa shape index (κ2) is 3.38. The Hall–Kier alpha value is -1.76. The van der Waals surface area contributed by atoms with Crippen LogP contribution >= 0.6 is 0 Å². The monoisotopic (exact) mass is 211 g/mol. The molecule has 0 fully saturated rings. The third kappa shape index (κ3) is 1.18. The summed E-state index contributed by atoms with van der Waals surface area (Å²) in [6, 6.07) is 0. The van der Waals surface area contributed by atoms with Gasteiger partial charge in [-0.2, -0.15) is 0 Å². The molecule has 0 radical (unpaired) electrons. The zero-order chi connectivity index (χ0) is 12.0. The van der Waals surface area contributed by atoms with E-state index in [2.05, 4.69) is 45.5 Å². The van der Waals surface area contributed by atoms with Crippen LogP contribution in [0.4, 0.5) is 0 Å². The summed E-state index contributed by atoms with van der Waals surface area (Å²) in [7, 11) is 0. The summed E-state index contributed by atoms with van der Waals surface area (Å²) in [5.74, 6) is 0. The molecule has 1 aromatic carbocycles. The molecule has 0 aliphatic heterocycles. The zero-order valence-electron chi connectivity index (χ0n) is 10.2. The molecule has 0 aliphatic rings. The summed E-state index contributed by atoms with van der Waals surface area (Å²) >= 11 is 0. The Morgan fingerprint density at radius 3 is 2.06 bits per heavy atom. The lowest BCUT2D eigenvalue weighted by Gasteiger charge is -2.04. The van der Waals surface area contributed by atoms with E-state index >= 15 is 0 Å². The van der Waals surface area contributed by atoms with Gasteiger partial charge in [0, 0.05) is 11.1 Å². The number of rotatable bonds is 1. The van der Waals surface area contributed by atoms with Crippen molar-refractivity contribution in [2.24, 2.45) is 0 Å². The minimum atomic E-state index is 1.06. The van der Waals surface area contributed by atoms with E-state index < -0.39 is 0 Å². The molecular weight excluding hydrogens is 194 g/mol. The van der Waals surface area contributed by atoms with E-state index in [0.29, 0.717) is 0 Å². The lowest BCUT2D eigenvalue weighted by atomic mass is 10.00. The maximum Gasteiger partial charge on any atom is 0.0537 e. The number of nitrogens with one attached hydrogen (secondary N) is 1. The fourth-order valence-corrected chi connectivity index (χ4v) is 2.25. The van der Waals surface area contributed by atoms with Gasteiger partial charge in [-0.3, -0.25) is 0 Å².